The highest BCUT2D eigenvalue weighted by atomic mass is 16.5. The monoisotopic (exact) mass is 391 g/mol. The average molecular weight is 391 g/mol. The number of fused-ring (bicyclic) bond motifs is 1. The van der Waals surface area contributed by atoms with Crippen molar-refractivity contribution in [2.24, 2.45) is 5.73 Å². The largest absolute Gasteiger partial charge is 0.496 e. The molecule has 2 heterocycles. The summed E-state index contributed by atoms with van der Waals surface area (Å²) in [6, 6.07) is 14.1. The van der Waals surface area contributed by atoms with E-state index >= 15 is 0 Å². The minimum Gasteiger partial charge on any atom is -0.496 e. The molecule has 3 N–H and O–H groups in total. The zero-order chi connectivity index (χ0) is 20.5. The number of carbonyl (C=O) groups excluding carboxylic acids is 1. The van der Waals surface area contributed by atoms with Gasteiger partial charge in [0.1, 0.15) is 17.0 Å². The summed E-state index contributed by atoms with van der Waals surface area (Å²) >= 11 is 0. The molecule has 0 saturated heterocycles. The Bertz CT molecular complexity index is 1290. The number of amides is 1. The number of aromatic amines is 1. The Morgan fingerprint density at radius 3 is 2.34 bits per heavy atom. The molecule has 0 atom stereocenters. The second-order valence-electron chi connectivity index (χ2n) is 6.10. The van der Waals surface area contributed by atoms with Crippen molar-refractivity contribution in [2.45, 2.75) is 0 Å². The molecular weight excluding hydrogens is 374 g/mol. The summed E-state index contributed by atoms with van der Waals surface area (Å²) in [6.07, 6.45) is 0. The molecule has 9 heteroatoms. The van der Waals surface area contributed by atoms with Gasteiger partial charge in [-0.15, -0.1) is 0 Å². The van der Waals surface area contributed by atoms with E-state index in [4.69, 9.17) is 15.2 Å². The predicted molar refractivity (Wildman–Crippen MR) is 107 cm³/mol. The molecule has 4 rings (SSSR count). The number of carbonyl (C=O) groups is 1. The molecule has 0 unspecified atom stereocenters. The van der Waals surface area contributed by atoms with Gasteiger partial charge in [0.05, 0.1) is 25.5 Å². The molecule has 29 heavy (non-hydrogen) atoms. The first kappa shape index (κ1) is 18.2. The zero-order valence-electron chi connectivity index (χ0n) is 15.7. The van der Waals surface area contributed by atoms with E-state index in [-0.39, 0.29) is 22.7 Å². The maximum Gasteiger partial charge on any atom is 0.332 e. The lowest BCUT2D eigenvalue weighted by Crippen LogP contribution is -2.16. The highest BCUT2D eigenvalue weighted by Crippen LogP contribution is 2.30. The fourth-order valence-corrected chi connectivity index (χ4v) is 3.15. The Balaban J connectivity index is 2.10. The second kappa shape index (κ2) is 7.12. The number of nitrogens with zero attached hydrogens (tertiary/aromatic N) is 3. The number of primary amides is 1. The van der Waals surface area contributed by atoms with Crippen molar-refractivity contribution in [1.82, 2.24) is 19.5 Å². The van der Waals surface area contributed by atoms with Gasteiger partial charge in [-0.25, -0.2) is 19.3 Å². The number of imidazole rings is 1. The van der Waals surface area contributed by atoms with Crippen LogP contribution in [0.25, 0.3) is 28.2 Å². The molecule has 9 nitrogen and oxygen atoms in total. The summed E-state index contributed by atoms with van der Waals surface area (Å²) in [5, 5.41) is 0. The second-order valence-corrected chi connectivity index (χ2v) is 6.10. The van der Waals surface area contributed by atoms with Gasteiger partial charge in [-0.05, 0) is 24.3 Å². The Morgan fingerprint density at radius 1 is 1.00 bits per heavy atom. The van der Waals surface area contributed by atoms with Crippen LogP contribution in [-0.4, -0.2) is 39.6 Å². The third-order valence-corrected chi connectivity index (χ3v) is 4.44. The predicted octanol–water partition coefficient (Wildman–Crippen LogP) is 1.89. The van der Waals surface area contributed by atoms with Crippen LogP contribution in [0.2, 0.25) is 0 Å². The molecule has 0 aliphatic rings. The van der Waals surface area contributed by atoms with Crippen LogP contribution < -0.4 is 20.9 Å². The van der Waals surface area contributed by atoms with Crippen LogP contribution >= 0.6 is 0 Å². The first-order valence-electron chi connectivity index (χ1n) is 8.64. The van der Waals surface area contributed by atoms with E-state index in [0.717, 1.165) is 0 Å². The van der Waals surface area contributed by atoms with E-state index in [1.165, 1.54) is 18.8 Å². The molecular formula is C20H17N5O4. The SMILES string of the molecule is COc1ccccc1-c1nc(C(N)=O)c2[nH]c(=O)n(-c3ccccc3OC)c2n1. The van der Waals surface area contributed by atoms with Crippen LogP contribution in [0.1, 0.15) is 10.5 Å². The van der Waals surface area contributed by atoms with Crippen LogP contribution in [0.3, 0.4) is 0 Å². The van der Waals surface area contributed by atoms with Crippen molar-refractivity contribution < 1.29 is 14.3 Å². The lowest BCUT2D eigenvalue weighted by Gasteiger charge is -2.11. The molecule has 0 bridgehead atoms. The summed E-state index contributed by atoms with van der Waals surface area (Å²) in [7, 11) is 3.02. The van der Waals surface area contributed by atoms with E-state index in [2.05, 4.69) is 15.0 Å². The van der Waals surface area contributed by atoms with Crippen LogP contribution in [0, 0.1) is 0 Å². The van der Waals surface area contributed by atoms with E-state index in [1.54, 1.807) is 48.5 Å². The molecule has 0 radical (unpaired) electrons. The number of nitrogens with two attached hydrogens (primary N) is 1. The number of aromatic nitrogens is 4. The number of H-pyrrole nitrogens is 1. The standard InChI is InChI=1S/C20H17N5O4/c1-28-13-9-5-3-7-11(13)18-22-15(17(21)26)16-19(24-18)25(20(27)23-16)12-8-4-6-10-14(12)29-2/h3-10H,1-2H3,(H2,21,26)(H,23,27). The minimum absolute atomic E-state index is 0.0957. The molecule has 0 spiro atoms. The van der Waals surface area contributed by atoms with E-state index in [0.29, 0.717) is 22.7 Å². The molecule has 0 aliphatic carbocycles. The lowest BCUT2D eigenvalue weighted by atomic mass is 10.2. The number of hydrogen-bond donors (Lipinski definition) is 2. The maximum absolute atomic E-state index is 12.8. The van der Waals surface area contributed by atoms with Crippen LogP contribution in [0.15, 0.2) is 53.3 Å². The van der Waals surface area contributed by atoms with Gasteiger partial charge in [0.2, 0.25) is 0 Å². The van der Waals surface area contributed by atoms with Crippen LogP contribution in [0.4, 0.5) is 0 Å². The van der Waals surface area contributed by atoms with Crippen molar-refractivity contribution in [1.29, 1.82) is 0 Å². The number of methoxy groups -OCH3 is 2. The number of nitrogens with one attached hydrogen (secondary N) is 1. The van der Waals surface area contributed by atoms with Crippen molar-refractivity contribution in [3.05, 3.63) is 64.7 Å². The van der Waals surface area contributed by atoms with Gasteiger partial charge in [-0.3, -0.25) is 4.79 Å². The van der Waals surface area contributed by atoms with Gasteiger partial charge in [-0.2, -0.15) is 0 Å². The molecule has 146 valence electrons. The molecule has 0 saturated carbocycles. The molecule has 4 aromatic rings. The first-order chi connectivity index (χ1) is 14.0. The number of ether oxygens (including phenoxy) is 2. The van der Waals surface area contributed by atoms with Gasteiger partial charge in [0, 0.05) is 0 Å². The van der Waals surface area contributed by atoms with Crippen LogP contribution in [-0.2, 0) is 0 Å². The maximum atomic E-state index is 12.8. The molecule has 2 aromatic carbocycles. The molecule has 0 aliphatic heterocycles. The number of rotatable bonds is 5. The number of para-hydroxylation sites is 3. The third-order valence-electron chi connectivity index (χ3n) is 4.44. The van der Waals surface area contributed by atoms with E-state index in [1.807, 2.05) is 0 Å². The zero-order valence-corrected chi connectivity index (χ0v) is 15.7. The quantitative estimate of drug-likeness (QED) is 0.535. The smallest absolute Gasteiger partial charge is 0.332 e. The summed E-state index contributed by atoms with van der Waals surface area (Å²) in [5.74, 6) is 0.394. The van der Waals surface area contributed by atoms with Gasteiger partial charge < -0.3 is 20.2 Å². The van der Waals surface area contributed by atoms with Crippen molar-refractivity contribution >= 4 is 17.1 Å². The number of benzene rings is 2. The van der Waals surface area contributed by atoms with E-state index < -0.39 is 11.6 Å². The normalized spacial score (nSPS) is 10.8. The Morgan fingerprint density at radius 2 is 1.66 bits per heavy atom. The van der Waals surface area contributed by atoms with Gasteiger partial charge in [-0.1, -0.05) is 24.3 Å². The molecule has 0 fully saturated rings. The Kier molecular flexibility index (Phi) is 4.47. The average Bonchev–Trinajstić information content (AvgIpc) is 3.08. The van der Waals surface area contributed by atoms with Gasteiger partial charge in [0.25, 0.3) is 5.91 Å². The summed E-state index contributed by atoms with van der Waals surface area (Å²) in [4.78, 5) is 36.3. The summed E-state index contributed by atoms with van der Waals surface area (Å²) < 4.78 is 12.1. The fraction of sp³-hybridized carbons (Fsp3) is 0.100. The van der Waals surface area contributed by atoms with Crippen molar-refractivity contribution in [3.8, 4) is 28.6 Å². The summed E-state index contributed by atoms with van der Waals surface area (Å²) in [6.45, 7) is 0. The fourth-order valence-electron chi connectivity index (χ4n) is 3.15. The Labute approximate surface area is 164 Å². The number of hydrogen-bond acceptors (Lipinski definition) is 6. The summed E-state index contributed by atoms with van der Waals surface area (Å²) in [5.41, 5.74) is 6.30. The highest BCUT2D eigenvalue weighted by molar-refractivity contribution is 6.02. The topological polar surface area (TPSA) is 125 Å². The van der Waals surface area contributed by atoms with Gasteiger partial charge >= 0.3 is 5.69 Å². The highest BCUT2D eigenvalue weighted by Gasteiger charge is 2.22. The van der Waals surface area contributed by atoms with Crippen molar-refractivity contribution in [2.75, 3.05) is 14.2 Å². The molecule has 1 amide bonds. The van der Waals surface area contributed by atoms with Gasteiger partial charge in [0.15, 0.2) is 17.2 Å². The third kappa shape index (κ3) is 2.98. The Hall–Kier alpha value is -4.14. The van der Waals surface area contributed by atoms with E-state index in [9.17, 15) is 9.59 Å². The lowest BCUT2D eigenvalue weighted by molar-refractivity contribution is 0.0997. The van der Waals surface area contributed by atoms with Crippen molar-refractivity contribution in [3.63, 3.8) is 0 Å². The molecule has 2 aromatic heterocycles. The first-order valence-corrected chi connectivity index (χ1v) is 8.64. The van der Waals surface area contributed by atoms with Crippen LogP contribution in [0.5, 0.6) is 11.5 Å². The minimum atomic E-state index is -0.790.